The lowest BCUT2D eigenvalue weighted by Crippen LogP contribution is -2.30. The predicted octanol–water partition coefficient (Wildman–Crippen LogP) is 2.49. The Morgan fingerprint density at radius 3 is 2.45 bits per heavy atom. The van der Waals surface area contributed by atoms with Crippen LogP contribution in [0.2, 0.25) is 5.02 Å². The van der Waals surface area contributed by atoms with Crippen LogP contribution < -0.4 is 10.0 Å². The summed E-state index contributed by atoms with van der Waals surface area (Å²) in [7, 11) is -2.35. The number of hydrogen-bond donors (Lipinski definition) is 2. The molecule has 2 rings (SSSR count). The Balaban J connectivity index is 2.31. The van der Waals surface area contributed by atoms with Crippen molar-refractivity contribution in [2.45, 2.75) is 0 Å². The zero-order valence-electron chi connectivity index (χ0n) is 11.8. The highest BCUT2D eigenvalue weighted by Gasteiger charge is 2.16. The second-order valence-electron chi connectivity index (χ2n) is 4.57. The van der Waals surface area contributed by atoms with Crippen molar-refractivity contribution in [1.82, 2.24) is 4.72 Å². The van der Waals surface area contributed by atoms with Gasteiger partial charge in [-0.15, -0.1) is 0 Å². The molecule has 2 N–H and O–H groups in total. The molecule has 0 aliphatic carbocycles. The monoisotopic (exact) mass is 338 g/mol. The van der Waals surface area contributed by atoms with Crippen LogP contribution in [-0.4, -0.2) is 27.1 Å². The number of hydrogen-bond acceptors (Lipinski definition) is 3. The maximum absolute atomic E-state index is 11.9. The van der Waals surface area contributed by atoms with Crippen LogP contribution in [0.4, 0.5) is 5.69 Å². The minimum absolute atomic E-state index is 0.506. The van der Waals surface area contributed by atoms with Gasteiger partial charge in [0.2, 0.25) is 15.9 Å². The first kappa shape index (κ1) is 16.5. The topological polar surface area (TPSA) is 75.3 Å². The van der Waals surface area contributed by atoms with Crippen molar-refractivity contribution >= 4 is 33.2 Å². The van der Waals surface area contributed by atoms with Crippen LogP contribution in [0.3, 0.4) is 0 Å². The Kier molecular flexibility index (Phi) is 5.18. The third kappa shape index (κ3) is 4.30. The van der Waals surface area contributed by atoms with Gasteiger partial charge in [0.05, 0.1) is 0 Å². The largest absolute Gasteiger partial charge is 0.325 e. The number of benzene rings is 2. The smallest absolute Gasteiger partial charge is 0.241 e. The molecule has 0 bridgehead atoms. The molecule has 0 fully saturated rings. The van der Waals surface area contributed by atoms with E-state index in [1.807, 2.05) is 30.3 Å². The van der Waals surface area contributed by atoms with E-state index >= 15 is 0 Å². The molecule has 2 aromatic carbocycles. The molecule has 2 aromatic rings. The van der Waals surface area contributed by atoms with Gasteiger partial charge >= 0.3 is 0 Å². The molecule has 0 saturated carbocycles. The van der Waals surface area contributed by atoms with Gasteiger partial charge < -0.3 is 5.32 Å². The van der Waals surface area contributed by atoms with Crippen molar-refractivity contribution in [3.05, 3.63) is 53.6 Å². The van der Waals surface area contributed by atoms with Gasteiger partial charge in [0.1, 0.15) is 5.75 Å². The second-order valence-corrected chi connectivity index (χ2v) is 6.93. The van der Waals surface area contributed by atoms with Crippen LogP contribution in [0.5, 0.6) is 0 Å². The fourth-order valence-corrected chi connectivity index (χ4v) is 2.65. The highest BCUT2D eigenvalue weighted by atomic mass is 35.5. The minimum Gasteiger partial charge on any atom is -0.325 e. The summed E-state index contributed by atoms with van der Waals surface area (Å²) in [4.78, 5) is 11.9. The molecule has 22 heavy (non-hydrogen) atoms. The van der Waals surface area contributed by atoms with Gasteiger partial charge in [0, 0.05) is 16.3 Å². The summed E-state index contributed by atoms with van der Waals surface area (Å²) in [6.45, 7) is 0. The van der Waals surface area contributed by atoms with Gasteiger partial charge in [-0.25, -0.2) is 13.1 Å². The lowest BCUT2D eigenvalue weighted by Gasteiger charge is -2.12. The van der Waals surface area contributed by atoms with Crippen LogP contribution >= 0.6 is 11.6 Å². The van der Waals surface area contributed by atoms with Crippen LogP contribution in [0.25, 0.3) is 11.1 Å². The van der Waals surface area contributed by atoms with E-state index < -0.39 is 21.7 Å². The van der Waals surface area contributed by atoms with E-state index in [1.165, 1.54) is 7.05 Å². The molecule has 0 heterocycles. The number of carbonyl (C=O) groups is 1. The maximum atomic E-state index is 11.9. The molecular formula is C15H15ClN2O3S. The fourth-order valence-electron chi connectivity index (χ4n) is 1.91. The second kappa shape index (κ2) is 6.91. The van der Waals surface area contributed by atoms with Gasteiger partial charge in [-0.2, -0.15) is 0 Å². The number of anilines is 1. The Morgan fingerprint density at radius 2 is 1.82 bits per heavy atom. The molecule has 0 unspecified atom stereocenters. The van der Waals surface area contributed by atoms with E-state index in [1.54, 1.807) is 18.2 Å². The van der Waals surface area contributed by atoms with Crippen LogP contribution in [0.15, 0.2) is 48.5 Å². The number of sulfonamides is 1. The van der Waals surface area contributed by atoms with E-state index in [4.69, 9.17) is 11.6 Å². The Morgan fingerprint density at radius 1 is 1.14 bits per heavy atom. The Labute approximate surface area is 134 Å². The van der Waals surface area contributed by atoms with Crippen LogP contribution in [-0.2, 0) is 14.8 Å². The molecule has 0 atom stereocenters. The molecule has 0 saturated heterocycles. The number of halogens is 1. The molecule has 0 radical (unpaired) electrons. The lowest BCUT2D eigenvalue weighted by atomic mass is 10.0. The lowest BCUT2D eigenvalue weighted by molar-refractivity contribution is -0.113. The number of rotatable bonds is 5. The van der Waals surface area contributed by atoms with E-state index in [0.717, 1.165) is 11.1 Å². The molecule has 5 nitrogen and oxygen atoms in total. The van der Waals surface area contributed by atoms with Gasteiger partial charge in [-0.05, 0) is 30.8 Å². The maximum Gasteiger partial charge on any atom is 0.241 e. The number of amides is 1. The Bertz CT molecular complexity index is 777. The summed E-state index contributed by atoms with van der Waals surface area (Å²) in [5.41, 5.74) is 2.10. The van der Waals surface area contributed by atoms with Crippen molar-refractivity contribution in [1.29, 1.82) is 0 Å². The summed E-state index contributed by atoms with van der Waals surface area (Å²) in [5.74, 6) is -1.26. The van der Waals surface area contributed by atoms with Crippen molar-refractivity contribution in [2.24, 2.45) is 0 Å². The minimum atomic E-state index is -3.61. The molecule has 0 aromatic heterocycles. The summed E-state index contributed by atoms with van der Waals surface area (Å²) >= 11 is 6.01. The van der Waals surface area contributed by atoms with Crippen molar-refractivity contribution < 1.29 is 13.2 Å². The first-order valence-electron chi connectivity index (χ1n) is 6.47. The summed E-state index contributed by atoms with van der Waals surface area (Å²) in [6.07, 6.45) is 0. The molecule has 116 valence electrons. The third-order valence-electron chi connectivity index (χ3n) is 2.97. The van der Waals surface area contributed by atoms with Crippen molar-refractivity contribution in [2.75, 3.05) is 18.1 Å². The molecule has 0 aliphatic rings. The molecular weight excluding hydrogens is 324 g/mol. The van der Waals surface area contributed by atoms with Gasteiger partial charge in [0.25, 0.3) is 0 Å². The van der Waals surface area contributed by atoms with E-state index in [9.17, 15) is 13.2 Å². The molecule has 1 amide bonds. The van der Waals surface area contributed by atoms with Crippen molar-refractivity contribution in [3.63, 3.8) is 0 Å². The van der Waals surface area contributed by atoms with Gasteiger partial charge in [-0.3, -0.25) is 4.79 Å². The average molecular weight is 339 g/mol. The summed E-state index contributed by atoms with van der Waals surface area (Å²) < 4.78 is 24.9. The van der Waals surface area contributed by atoms with Gasteiger partial charge in [-0.1, -0.05) is 41.9 Å². The SMILES string of the molecule is CNS(=O)(=O)CC(=O)Nc1ccc(Cl)cc1-c1ccccc1. The quantitative estimate of drug-likeness (QED) is 0.879. The van der Waals surface area contributed by atoms with E-state index in [0.29, 0.717) is 10.7 Å². The zero-order valence-corrected chi connectivity index (χ0v) is 13.4. The molecule has 0 aliphatic heterocycles. The predicted molar refractivity (Wildman–Crippen MR) is 88.4 cm³/mol. The third-order valence-corrected chi connectivity index (χ3v) is 4.47. The van der Waals surface area contributed by atoms with Crippen LogP contribution in [0, 0.1) is 0 Å². The standard InChI is InChI=1S/C15H15ClN2O3S/c1-17-22(20,21)10-15(19)18-14-8-7-12(16)9-13(14)11-5-3-2-4-6-11/h2-9,17H,10H2,1H3,(H,18,19). The Hall–Kier alpha value is -1.89. The first-order valence-corrected chi connectivity index (χ1v) is 8.50. The fraction of sp³-hybridized carbons (Fsp3) is 0.133. The average Bonchev–Trinajstić information content (AvgIpc) is 2.49. The van der Waals surface area contributed by atoms with Gasteiger partial charge in [0.15, 0.2) is 0 Å². The van der Waals surface area contributed by atoms with E-state index in [-0.39, 0.29) is 0 Å². The van der Waals surface area contributed by atoms with Crippen molar-refractivity contribution in [3.8, 4) is 11.1 Å². The van der Waals surface area contributed by atoms with Crippen LogP contribution in [0.1, 0.15) is 0 Å². The van der Waals surface area contributed by atoms with E-state index in [2.05, 4.69) is 10.0 Å². The molecule has 0 spiro atoms. The first-order chi connectivity index (χ1) is 10.4. The summed E-state index contributed by atoms with van der Waals surface area (Å²) in [5, 5.41) is 3.14. The normalized spacial score (nSPS) is 11.2. The number of nitrogens with one attached hydrogen (secondary N) is 2. The summed E-state index contributed by atoms with van der Waals surface area (Å²) in [6, 6.07) is 14.4. The zero-order chi connectivity index (χ0) is 16.2. The highest BCUT2D eigenvalue weighted by molar-refractivity contribution is 7.90. The number of carbonyl (C=O) groups excluding carboxylic acids is 1. The highest BCUT2D eigenvalue weighted by Crippen LogP contribution is 2.30. The molecule has 7 heteroatoms.